The molecule has 21 heteroatoms. The van der Waals surface area contributed by atoms with Gasteiger partial charge in [-0.2, -0.15) is 0 Å². The Morgan fingerprint density at radius 1 is 0.644 bits per heavy atom. The molecule has 0 spiro atoms. The molecule has 0 amide bonds. The lowest BCUT2D eigenvalue weighted by Crippen LogP contribution is -2.67. The van der Waals surface area contributed by atoms with E-state index < -0.39 is 147 Å². The van der Waals surface area contributed by atoms with Gasteiger partial charge in [-0.15, -0.1) is 0 Å². The van der Waals surface area contributed by atoms with Crippen LogP contribution in [0.5, 0.6) is 0 Å². The van der Waals surface area contributed by atoms with Crippen LogP contribution in [0.15, 0.2) is 11.6 Å². The average molecular weight is 1050 g/mol. The molecule has 4 heterocycles. The molecule has 0 bridgehead atoms. The summed E-state index contributed by atoms with van der Waals surface area (Å²) < 4.78 is 47.6. The fourth-order valence-electron chi connectivity index (χ4n) is 16.0. The van der Waals surface area contributed by atoms with Crippen LogP contribution in [0.1, 0.15) is 113 Å². The van der Waals surface area contributed by atoms with Gasteiger partial charge in [0.2, 0.25) is 0 Å². The number of ether oxygens (including phenoxy) is 8. The molecule has 4 aliphatic heterocycles. The molecule has 0 radical (unpaired) electrons. The van der Waals surface area contributed by atoms with Crippen molar-refractivity contribution < 1.29 is 104 Å². The molecule has 0 aromatic rings. The maximum Gasteiger partial charge on any atom is 0.310 e. The van der Waals surface area contributed by atoms with E-state index in [2.05, 4.69) is 40.7 Å². The van der Waals surface area contributed by atoms with Gasteiger partial charge in [-0.3, -0.25) is 4.79 Å². The standard InChI is InChI=1S/C52H84O21/c1-23-32(56)40(72-42-37(61)35(59)28(21-67-42)70-43-38(62)36(60)34(58)27(19-53)69-43)39(63)44(68-23)73-41-33(57)26(55)20-66-45(41)71-31-11-12-48(4)29(49(31,5)22-54)10-13-51(7)30(48)9-8-24-25-18-47(2,3)14-16-52(25,46(64)65)17-15-50(24,51)6/h8,23,25-45,53-63H,9-22H2,1-7H3,(H,64,65)/t23-,25+,26-,27+,28+,29-,30+,31-,32-,33-,34+,35-,36-,37+,38+,39+,40+,41+,42-,43-,44-,45-,48-,49+,50+,51+,52-/m0/s1. The monoisotopic (exact) mass is 1040 g/mol. The summed E-state index contributed by atoms with van der Waals surface area (Å²) in [5, 5.41) is 130. The molecule has 9 rings (SSSR count). The topological polar surface area (TPSA) is 334 Å². The zero-order valence-electron chi connectivity index (χ0n) is 43.2. The summed E-state index contributed by atoms with van der Waals surface area (Å²) in [6, 6.07) is 0. The van der Waals surface area contributed by atoms with E-state index >= 15 is 0 Å². The second-order valence-electron chi connectivity index (χ2n) is 25.2. The first-order valence-electron chi connectivity index (χ1n) is 26.7. The molecule has 0 aromatic heterocycles. The van der Waals surface area contributed by atoms with Gasteiger partial charge in [0.15, 0.2) is 25.2 Å². The molecule has 12 N–H and O–H groups in total. The van der Waals surface area contributed by atoms with Gasteiger partial charge in [0, 0.05) is 5.41 Å². The number of aliphatic hydroxyl groups is 11. The Kier molecular flexibility index (Phi) is 15.6. The Bertz CT molecular complexity index is 2010. The number of aliphatic carboxylic acids is 1. The van der Waals surface area contributed by atoms with E-state index in [0.717, 1.165) is 44.9 Å². The van der Waals surface area contributed by atoms with E-state index in [-0.39, 0.29) is 52.6 Å². The van der Waals surface area contributed by atoms with E-state index in [1.807, 2.05) is 6.92 Å². The largest absolute Gasteiger partial charge is 0.481 e. The Labute approximate surface area is 426 Å². The summed E-state index contributed by atoms with van der Waals surface area (Å²) in [6.45, 7) is 13.5. The van der Waals surface area contributed by atoms with Crippen molar-refractivity contribution in [2.45, 2.75) is 229 Å². The van der Waals surface area contributed by atoms with E-state index in [0.29, 0.717) is 19.3 Å². The van der Waals surface area contributed by atoms with Gasteiger partial charge in [0.1, 0.15) is 79.4 Å². The van der Waals surface area contributed by atoms with Crippen LogP contribution in [-0.4, -0.2) is 210 Å². The van der Waals surface area contributed by atoms with Crippen LogP contribution in [0.4, 0.5) is 0 Å². The van der Waals surface area contributed by atoms with Crippen molar-refractivity contribution in [2.75, 3.05) is 26.4 Å². The number of allylic oxidation sites excluding steroid dienone is 2. The summed E-state index contributed by atoms with van der Waals surface area (Å²) >= 11 is 0. The highest BCUT2D eigenvalue weighted by Gasteiger charge is 2.70. The van der Waals surface area contributed by atoms with Gasteiger partial charge in [-0.25, -0.2) is 0 Å². The summed E-state index contributed by atoms with van der Waals surface area (Å²) in [7, 11) is 0. The summed E-state index contributed by atoms with van der Waals surface area (Å²) in [4.78, 5) is 13.2. The van der Waals surface area contributed by atoms with Gasteiger partial charge in [-0.05, 0) is 111 Å². The van der Waals surface area contributed by atoms with Gasteiger partial charge in [0.25, 0.3) is 0 Å². The van der Waals surface area contributed by atoms with E-state index in [4.69, 9.17) is 37.9 Å². The number of rotatable bonds is 11. The zero-order valence-corrected chi connectivity index (χ0v) is 43.2. The number of hydrogen-bond donors (Lipinski definition) is 12. The van der Waals surface area contributed by atoms with Crippen molar-refractivity contribution >= 4 is 5.97 Å². The molecule has 27 atom stereocenters. The highest BCUT2D eigenvalue weighted by Crippen LogP contribution is 2.76. The van der Waals surface area contributed by atoms with Crippen molar-refractivity contribution in [2.24, 2.45) is 50.2 Å². The van der Waals surface area contributed by atoms with Crippen molar-refractivity contribution in [3.63, 3.8) is 0 Å². The molecule has 8 fully saturated rings. The normalized spacial score (nSPS) is 55.0. The van der Waals surface area contributed by atoms with Crippen LogP contribution in [0.25, 0.3) is 0 Å². The van der Waals surface area contributed by atoms with Crippen molar-refractivity contribution in [3.05, 3.63) is 11.6 Å². The van der Waals surface area contributed by atoms with Crippen LogP contribution in [0.3, 0.4) is 0 Å². The lowest BCUT2D eigenvalue weighted by molar-refractivity contribution is -0.383. The minimum absolute atomic E-state index is 0.0108. The van der Waals surface area contributed by atoms with Crippen molar-refractivity contribution in [1.82, 2.24) is 0 Å². The minimum atomic E-state index is -1.89. The van der Waals surface area contributed by atoms with Gasteiger partial charge in [0.05, 0.1) is 44.1 Å². The molecule has 9 aliphatic rings. The third-order valence-electron chi connectivity index (χ3n) is 20.8. The van der Waals surface area contributed by atoms with Crippen LogP contribution >= 0.6 is 0 Å². The molecule has 5 aliphatic carbocycles. The number of hydrogen-bond acceptors (Lipinski definition) is 20. The van der Waals surface area contributed by atoms with E-state index in [1.165, 1.54) is 12.5 Å². The molecule has 73 heavy (non-hydrogen) atoms. The zero-order chi connectivity index (χ0) is 53.1. The lowest BCUT2D eigenvalue weighted by Gasteiger charge is -2.71. The molecular formula is C52H84O21. The quantitative estimate of drug-likeness (QED) is 0.0942. The number of carboxylic acid groups (broad SMARTS) is 1. The van der Waals surface area contributed by atoms with Gasteiger partial charge in [-0.1, -0.05) is 53.2 Å². The molecular weight excluding hydrogens is 961 g/mol. The summed E-state index contributed by atoms with van der Waals surface area (Å²) in [5.41, 5.74) is -0.749. The fourth-order valence-corrected chi connectivity index (χ4v) is 16.0. The first kappa shape index (κ1) is 56.2. The van der Waals surface area contributed by atoms with Crippen LogP contribution in [0.2, 0.25) is 0 Å². The molecule has 418 valence electrons. The molecule has 4 saturated carbocycles. The molecule has 0 unspecified atom stereocenters. The van der Waals surface area contributed by atoms with Gasteiger partial charge < -0.3 is 99.2 Å². The maximum atomic E-state index is 13.2. The summed E-state index contributed by atoms with van der Waals surface area (Å²) in [6.07, 6.45) is -19.1. The van der Waals surface area contributed by atoms with Crippen molar-refractivity contribution in [1.29, 1.82) is 0 Å². The molecule has 0 aromatic carbocycles. The van der Waals surface area contributed by atoms with Crippen molar-refractivity contribution in [3.8, 4) is 0 Å². The van der Waals surface area contributed by atoms with E-state index in [9.17, 15) is 66.1 Å². The summed E-state index contributed by atoms with van der Waals surface area (Å²) in [5.74, 6) is -0.465. The Morgan fingerprint density at radius 3 is 1.99 bits per heavy atom. The average Bonchev–Trinajstić information content (AvgIpc) is 3.34. The van der Waals surface area contributed by atoms with Gasteiger partial charge >= 0.3 is 5.97 Å². The van der Waals surface area contributed by atoms with Crippen LogP contribution in [-0.2, 0) is 42.7 Å². The minimum Gasteiger partial charge on any atom is -0.481 e. The third kappa shape index (κ3) is 9.10. The predicted octanol–water partition coefficient (Wildman–Crippen LogP) is -0.191. The number of carbonyl (C=O) groups is 1. The SMILES string of the molecule is C[C@@H]1O[C@@H](O[C@H]2[C@H](O[C@H]3CC[C@@]4(C)[C@H](CC[C@]5(C)[C@@H]4CC=C4[C@H]6CC(C)(C)CC[C@]6(C(=O)O)CC[C@]45C)[C@@]3(C)CO)OC[C@H](O)[C@@H]2O)[C@H](O)[C@H](O[C@@H]2OC[C@@H](O[C@@H]3O[C@H](CO)[C@@H](O)[C@H](O)[C@H]3O)[C@H](O)[C@H]2O)[C@H]1O. The smallest absolute Gasteiger partial charge is 0.310 e. The molecule has 4 saturated heterocycles. The maximum absolute atomic E-state index is 13.2. The van der Waals surface area contributed by atoms with E-state index in [1.54, 1.807) is 0 Å². The fraction of sp³-hybridized carbons (Fsp3) is 0.942. The number of fused-ring (bicyclic) bond motifs is 7. The Balaban J connectivity index is 0.887. The molecule has 21 nitrogen and oxygen atoms in total. The highest BCUT2D eigenvalue weighted by molar-refractivity contribution is 5.76. The Hall–Kier alpha value is -1.55. The first-order valence-corrected chi connectivity index (χ1v) is 26.7. The van der Waals surface area contributed by atoms with Crippen LogP contribution in [0, 0.1) is 50.2 Å². The lowest BCUT2D eigenvalue weighted by atomic mass is 9.33. The number of carboxylic acids is 1. The predicted molar refractivity (Wildman–Crippen MR) is 251 cm³/mol. The second kappa shape index (κ2) is 20.3. The highest BCUT2D eigenvalue weighted by atomic mass is 16.8. The van der Waals surface area contributed by atoms with Crippen LogP contribution < -0.4 is 0 Å². The first-order chi connectivity index (χ1) is 34.2. The number of aliphatic hydroxyl groups excluding tert-OH is 11. The third-order valence-corrected chi connectivity index (χ3v) is 20.8. The second-order valence-corrected chi connectivity index (χ2v) is 25.2. The Morgan fingerprint density at radius 2 is 1.30 bits per heavy atom.